The highest BCUT2D eigenvalue weighted by Gasteiger charge is 2.06. The van der Waals surface area contributed by atoms with Crippen LogP contribution >= 0.6 is 0 Å². The van der Waals surface area contributed by atoms with Crippen molar-refractivity contribution in [1.29, 1.82) is 0 Å². The van der Waals surface area contributed by atoms with Crippen LogP contribution in [-0.2, 0) is 0 Å². The van der Waals surface area contributed by atoms with Gasteiger partial charge in [-0.2, -0.15) is 0 Å². The van der Waals surface area contributed by atoms with Gasteiger partial charge >= 0.3 is 0 Å². The number of ether oxygens (including phenoxy) is 1. The van der Waals surface area contributed by atoms with E-state index >= 15 is 0 Å². The Morgan fingerprint density at radius 1 is 0.893 bits per heavy atom. The number of rotatable bonds is 6. The molecule has 6 nitrogen and oxygen atoms in total. The van der Waals surface area contributed by atoms with Gasteiger partial charge in [-0.3, -0.25) is 0 Å². The fraction of sp³-hybridized carbons (Fsp3) is 0.318. The third kappa shape index (κ3) is 9.64. The number of aliphatic hydroxyl groups excluding tert-OH is 1. The summed E-state index contributed by atoms with van der Waals surface area (Å²) in [4.78, 5) is 0. The van der Waals surface area contributed by atoms with Crippen molar-refractivity contribution < 1.29 is 14.9 Å². The summed E-state index contributed by atoms with van der Waals surface area (Å²) in [6, 6.07) is 18.4. The Bertz CT molecular complexity index is 736. The van der Waals surface area contributed by atoms with Crippen LogP contribution in [0.4, 0.5) is 0 Å². The summed E-state index contributed by atoms with van der Waals surface area (Å²) in [6.45, 7) is 2.53. The highest BCUT2D eigenvalue weighted by atomic mass is 16.5. The summed E-state index contributed by atoms with van der Waals surface area (Å²) >= 11 is 0. The van der Waals surface area contributed by atoms with E-state index in [1.165, 1.54) is 19.3 Å². The molecule has 0 aliphatic heterocycles. The van der Waals surface area contributed by atoms with E-state index in [1.54, 1.807) is 37.6 Å². The van der Waals surface area contributed by atoms with Gasteiger partial charge in [0.2, 0.25) is 0 Å². The fourth-order valence-corrected chi connectivity index (χ4v) is 2.17. The molecule has 0 bridgehead atoms. The molecular formula is C22H29N3O3. The van der Waals surface area contributed by atoms with Crippen molar-refractivity contribution in [1.82, 2.24) is 15.4 Å². The number of methoxy groups -OCH3 is 1. The number of aromatic hydroxyl groups is 1. The number of aliphatic hydroxyl groups is 1. The Kier molecular flexibility index (Phi) is 12.4. The molecule has 28 heavy (non-hydrogen) atoms. The second kappa shape index (κ2) is 15.1. The van der Waals surface area contributed by atoms with Crippen molar-refractivity contribution in [3.8, 4) is 22.8 Å². The van der Waals surface area contributed by atoms with Gasteiger partial charge in [-0.15, -0.1) is 10.2 Å². The first kappa shape index (κ1) is 23.0. The van der Waals surface area contributed by atoms with Crippen molar-refractivity contribution in [2.45, 2.75) is 32.6 Å². The third-order valence-corrected chi connectivity index (χ3v) is 3.64. The van der Waals surface area contributed by atoms with E-state index in [4.69, 9.17) is 14.9 Å². The highest BCUT2D eigenvalue weighted by molar-refractivity contribution is 5.64. The minimum absolute atomic E-state index is 0.322. The molecule has 0 radical (unpaired) electrons. The van der Waals surface area contributed by atoms with E-state index in [0.717, 1.165) is 12.0 Å². The van der Waals surface area contributed by atoms with Gasteiger partial charge in [-0.05, 0) is 23.8 Å². The van der Waals surface area contributed by atoms with Crippen molar-refractivity contribution in [2.75, 3.05) is 13.7 Å². The molecule has 0 spiro atoms. The molecule has 3 rings (SSSR count). The summed E-state index contributed by atoms with van der Waals surface area (Å²) in [5, 5.41) is 28.1. The predicted octanol–water partition coefficient (Wildman–Crippen LogP) is 4.50. The molecule has 0 fully saturated rings. The number of hydrogen-bond donors (Lipinski definition) is 2. The predicted molar refractivity (Wildman–Crippen MR) is 111 cm³/mol. The minimum Gasteiger partial charge on any atom is -0.508 e. The summed E-state index contributed by atoms with van der Waals surface area (Å²) in [5.74, 6) is 0.953. The van der Waals surface area contributed by atoms with Crippen LogP contribution < -0.4 is 4.74 Å². The first-order valence-electron chi connectivity index (χ1n) is 9.35. The Hall–Kier alpha value is -2.99. The van der Waals surface area contributed by atoms with Crippen LogP contribution in [0.3, 0.4) is 0 Å². The van der Waals surface area contributed by atoms with Gasteiger partial charge in [-0.1, -0.05) is 74.7 Å². The molecule has 0 saturated heterocycles. The number of phenolic OH excluding ortho intramolecular Hbond substituents is 1. The van der Waals surface area contributed by atoms with Crippen molar-refractivity contribution in [2.24, 2.45) is 0 Å². The average Bonchev–Trinajstić information content (AvgIpc) is 2.76. The molecule has 3 aromatic rings. The van der Waals surface area contributed by atoms with Gasteiger partial charge in [-0.25, -0.2) is 0 Å². The lowest BCUT2D eigenvalue weighted by atomic mass is 10.1. The van der Waals surface area contributed by atoms with Gasteiger partial charge in [0.15, 0.2) is 5.75 Å². The van der Waals surface area contributed by atoms with Gasteiger partial charge in [0.1, 0.15) is 11.4 Å². The minimum atomic E-state index is 0.322. The zero-order valence-electron chi connectivity index (χ0n) is 16.5. The quantitative estimate of drug-likeness (QED) is 0.609. The standard InChI is InChI=1S/C10H9N3O.C6H6O.C6H14O/c1-14-9-7-11-13-12-10(9)8-5-3-2-4-6-8;7-6-4-2-1-3-5-6;1-2-3-4-5-6-7/h2-7H,1H3;1-5,7H;7H,2-6H2,1H3. The van der Waals surface area contributed by atoms with Crippen LogP contribution in [0.1, 0.15) is 32.6 Å². The number of para-hydroxylation sites is 1. The number of hydrogen-bond acceptors (Lipinski definition) is 6. The highest BCUT2D eigenvalue weighted by Crippen LogP contribution is 2.24. The zero-order chi connectivity index (χ0) is 20.5. The molecule has 0 atom stereocenters. The van der Waals surface area contributed by atoms with Crippen LogP contribution in [0.25, 0.3) is 11.3 Å². The van der Waals surface area contributed by atoms with Crippen molar-refractivity contribution >= 4 is 0 Å². The number of benzene rings is 2. The molecular weight excluding hydrogens is 354 g/mol. The Balaban J connectivity index is 0.000000237. The van der Waals surface area contributed by atoms with Crippen LogP contribution in [0, 0.1) is 0 Å². The lowest BCUT2D eigenvalue weighted by Crippen LogP contribution is -1.95. The maximum Gasteiger partial charge on any atom is 0.167 e. The molecule has 0 aliphatic carbocycles. The molecule has 2 aromatic carbocycles. The van der Waals surface area contributed by atoms with Crippen LogP contribution in [0.5, 0.6) is 11.5 Å². The maximum absolute atomic E-state index is 8.63. The summed E-state index contributed by atoms with van der Waals surface area (Å²) in [7, 11) is 1.59. The van der Waals surface area contributed by atoms with Crippen LogP contribution in [-0.4, -0.2) is 39.3 Å². The lowest BCUT2D eigenvalue weighted by molar-refractivity contribution is 0.283. The number of nitrogens with zero attached hydrogens (tertiary/aromatic N) is 3. The van der Waals surface area contributed by atoms with Crippen molar-refractivity contribution in [3.63, 3.8) is 0 Å². The molecule has 1 aromatic heterocycles. The van der Waals surface area contributed by atoms with Crippen LogP contribution in [0.15, 0.2) is 66.9 Å². The van der Waals surface area contributed by atoms with E-state index in [1.807, 2.05) is 36.4 Å². The Morgan fingerprint density at radius 2 is 1.54 bits per heavy atom. The molecule has 0 amide bonds. The molecule has 6 heteroatoms. The summed E-state index contributed by atoms with van der Waals surface area (Å²) in [5.41, 5.74) is 1.68. The topological polar surface area (TPSA) is 88.4 Å². The first-order chi connectivity index (χ1) is 13.7. The largest absolute Gasteiger partial charge is 0.508 e. The Labute approximate surface area is 166 Å². The van der Waals surface area contributed by atoms with Crippen molar-refractivity contribution in [3.05, 3.63) is 66.9 Å². The summed E-state index contributed by atoms with van der Waals surface area (Å²) < 4.78 is 5.13. The number of unbranched alkanes of at least 4 members (excludes halogenated alkanes) is 3. The SMILES string of the molecule is CCCCCCO.COc1cnnnc1-c1ccccc1.Oc1ccccc1. The van der Waals surface area contributed by atoms with Crippen LogP contribution in [0.2, 0.25) is 0 Å². The van der Waals surface area contributed by atoms with Gasteiger partial charge in [0, 0.05) is 12.2 Å². The molecule has 0 unspecified atom stereocenters. The second-order valence-electron chi connectivity index (χ2n) is 5.84. The van der Waals surface area contributed by atoms with E-state index in [-0.39, 0.29) is 0 Å². The maximum atomic E-state index is 8.63. The second-order valence-corrected chi connectivity index (χ2v) is 5.84. The molecule has 0 saturated carbocycles. The van der Waals surface area contributed by atoms with E-state index < -0.39 is 0 Å². The average molecular weight is 383 g/mol. The van der Waals surface area contributed by atoms with E-state index in [9.17, 15) is 0 Å². The molecule has 1 heterocycles. The zero-order valence-corrected chi connectivity index (χ0v) is 16.5. The van der Waals surface area contributed by atoms with Gasteiger partial charge in [0.05, 0.1) is 13.3 Å². The molecule has 150 valence electrons. The normalized spacial score (nSPS) is 9.39. The van der Waals surface area contributed by atoms with Gasteiger partial charge in [0.25, 0.3) is 0 Å². The van der Waals surface area contributed by atoms with E-state index in [0.29, 0.717) is 23.8 Å². The number of aromatic nitrogens is 3. The fourth-order valence-electron chi connectivity index (χ4n) is 2.17. The lowest BCUT2D eigenvalue weighted by Gasteiger charge is -2.04. The van der Waals surface area contributed by atoms with Gasteiger partial charge < -0.3 is 14.9 Å². The number of phenols is 1. The smallest absolute Gasteiger partial charge is 0.167 e. The van der Waals surface area contributed by atoms with E-state index in [2.05, 4.69) is 22.3 Å². The Morgan fingerprint density at radius 3 is 2.04 bits per heavy atom. The monoisotopic (exact) mass is 383 g/mol. The third-order valence-electron chi connectivity index (χ3n) is 3.64. The molecule has 0 aliphatic rings. The molecule has 2 N–H and O–H groups in total. The first-order valence-corrected chi connectivity index (χ1v) is 9.35. The summed E-state index contributed by atoms with van der Waals surface area (Å²) in [6.07, 6.45) is 6.23.